The molecule has 3 aromatic rings. The number of aromatic amines is 1. The number of hydrogen-bond donors (Lipinski definition) is 1. The molecule has 3 rings (SSSR count). The number of hydrazone groups is 1. The Morgan fingerprint density at radius 1 is 1.16 bits per heavy atom. The summed E-state index contributed by atoms with van der Waals surface area (Å²) in [4.78, 5) is 7.47. The molecular formula is C15H14N4. The molecule has 0 bridgehead atoms. The Bertz CT molecular complexity index is 700. The number of anilines is 1. The number of nitrogens with zero attached hydrogens (tertiary/aromatic N) is 3. The lowest BCUT2D eigenvalue weighted by Crippen LogP contribution is -2.10. The lowest BCUT2D eigenvalue weighted by atomic mass is 10.2. The summed E-state index contributed by atoms with van der Waals surface area (Å²) >= 11 is 0. The van der Waals surface area contributed by atoms with Gasteiger partial charge in [-0.3, -0.25) is 5.01 Å². The Morgan fingerprint density at radius 3 is 2.84 bits per heavy atom. The fourth-order valence-corrected chi connectivity index (χ4v) is 1.95. The highest BCUT2D eigenvalue weighted by molar-refractivity contribution is 5.99. The summed E-state index contributed by atoms with van der Waals surface area (Å²) in [5.74, 6) is 0.818. The van der Waals surface area contributed by atoms with Crippen LogP contribution in [0.25, 0.3) is 10.9 Å². The van der Waals surface area contributed by atoms with Gasteiger partial charge in [-0.1, -0.05) is 24.3 Å². The lowest BCUT2D eigenvalue weighted by molar-refractivity contribution is 0.983. The van der Waals surface area contributed by atoms with Gasteiger partial charge >= 0.3 is 0 Å². The van der Waals surface area contributed by atoms with E-state index >= 15 is 0 Å². The standard InChI is InChI=1S/C15H14N4/c1-19(15-8-4-5-9-16-15)18-11-12-10-17-14-7-3-2-6-13(12)14/h2-11,17H,1H3. The van der Waals surface area contributed by atoms with Crippen molar-refractivity contribution in [1.82, 2.24) is 9.97 Å². The zero-order valence-corrected chi connectivity index (χ0v) is 10.6. The number of nitrogens with one attached hydrogen (secondary N) is 1. The first kappa shape index (κ1) is 11.5. The summed E-state index contributed by atoms with van der Waals surface area (Å²) in [5, 5.41) is 7.33. The smallest absolute Gasteiger partial charge is 0.148 e. The van der Waals surface area contributed by atoms with Crippen LogP contribution in [0.2, 0.25) is 0 Å². The van der Waals surface area contributed by atoms with Gasteiger partial charge in [-0.25, -0.2) is 4.98 Å². The van der Waals surface area contributed by atoms with E-state index in [1.165, 1.54) is 5.39 Å². The molecule has 0 spiro atoms. The van der Waals surface area contributed by atoms with E-state index in [0.717, 1.165) is 16.9 Å². The van der Waals surface area contributed by atoms with Gasteiger partial charge in [0.2, 0.25) is 0 Å². The van der Waals surface area contributed by atoms with Gasteiger partial charge in [0.25, 0.3) is 0 Å². The number of para-hydroxylation sites is 1. The molecule has 0 saturated heterocycles. The van der Waals surface area contributed by atoms with Crippen molar-refractivity contribution in [3.8, 4) is 0 Å². The van der Waals surface area contributed by atoms with Crippen LogP contribution in [0.3, 0.4) is 0 Å². The van der Waals surface area contributed by atoms with Gasteiger partial charge in [-0.15, -0.1) is 0 Å². The third-order valence-electron chi connectivity index (χ3n) is 2.97. The van der Waals surface area contributed by atoms with Crippen LogP contribution in [0.15, 0.2) is 60.0 Å². The van der Waals surface area contributed by atoms with Gasteiger partial charge < -0.3 is 4.98 Å². The van der Waals surface area contributed by atoms with E-state index in [0.29, 0.717) is 0 Å². The topological polar surface area (TPSA) is 44.3 Å². The third-order valence-corrected chi connectivity index (χ3v) is 2.97. The molecule has 4 nitrogen and oxygen atoms in total. The quantitative estimate of drug-likeness (QED) is 0.573. The van der Waals surface area contributed by atoms with E-state index in [4.69, 9.17) is 0 Å². The summed E-state index contributed by atoms with van der Waals surface area (Å²) in [7, 11) is 1.88. The van der Waals surface area contributed by atoms with E-state index in [9.17, 15) is 0 Å². The van der Waals surface area contributed by atoms with Gasteiger partial charge in [0, 0.05) is 35.9 Å². The van der Waals surface area contributed by atoms with Crippen LogP contribution >= 0.6 is 0 Å². The third kappa shape index (κ3) is 2.33. The molecule has 94 valence electrons. The summed E-state index contributed by atoms with van der Waals surface area (Å²) in [6, 6.07) is 13.9. The normalized spacial score (nSPS) is 11.2. The molecule has 0 aliphatic rings. The molecule has 0 radical (unpaired) electrons. The van der Waals surface area contributed by atoms with Crippen LogP contribution in [0, 0.1) is 0 Å². The second kappa shape index (κ2) is 4.94. The number of H-pyrrole nitrogens is 1. The van der Waals surface area contributed by atoms with Crippen LogP contribution in [0.1, 0.15) is 5.56 Å². The van der Waals surface area contributed by atoms with Crippen molar-refractivity contribution in [2.24, 2.45) is 5.10 Å². The molecule has 0 fully saturated rings. The summed E-state index contributed by atoms with van der Waals surface area (Å²) in [5.41, 5.74) is 2.18. The molecule has 0 saturated carbocycles. The van der Waals surface area contributed by atoms with Crippen molar-refractivity contribution in [3.63, 3.8) is 0 Å². The van der Waals surface area contributed by atoms with Crippen molar-refractivity contribution in [1.29, 1.82) is 0 Å². The van der Waals surface area contributed by atoms with Crippen molar-refractivity contribution in [3.05, 3.63) is 60.4 Å². The van der Waals surface area contributed by atoms with E-state index in [2.05, 4.69) is 27.2 Å². The first-order valence-corrected chi connectivity index (χ1v) is 6.09. The summed E-state index contributed by atoms with van der Waals surface area (Å²) < 4.78 is 0. The fourth-order valence-electron chi connectivity index (χ4n) is 1.95. The van der Waals surface area contributed by atoms with Gasteiger partial charge in [0.15, 0.2) is 0 Å². The maximum Gasteiger partial charge on any atom is 0.148 e. The van der Waals surface area contributed by atoms with Crippen LogP contribution in [0.5, 0.6) is 0 Å². The Kier molecular flexibility index (Phi) is 2.98. The molecule has 2 heterocycles. The zero-order chi connectivity index (χ0) is 13.1. The number of aromatic nitrogens is 2. The van der Waals surface area contributed by atoms with E-state index in [-0.39, 0.29) is 0 Å². The number of hydrogen-bond acceptors (Lipinski definition) is 3. The number of rotatable bonds is 3. The van der Waals surface area contributed by atoms with Crippen LogP contribution in [-0.2, 0) is 0 Å². The maximum absolute atomic E-state index is 4.41. The minimum atomic E-state index is 0.818. The molecule has 0 amide bonds. The highest BCUT2D eigenvalue weighted by Gasteiger charge is 2.01. The average molecular weight is 250 g/mol. The minimum Gasteiger partial charge on any atom is -0.361 e. The molecule has 1 aromatic carbocycles. The highest BCUT2D eigenvalue weighted by atomic mass is 15.5. The largest absolute Gasteiger partial charge is 0.361 e. The van der Waals surface area contributed by atoms with Gasteiger partial charge in [-0.05, 0) is 18.2 Å². The minimum absolute atomic E-state index is 0.818. The summed E-state index contributed by atoms with van der Waals surface area (Å²) in [6.07, 6.45) is 5.56. The molecule has 0 aliphatic carbocycles. The second-order valence-corrected chi connectivity index (χ2v) is 4.25. The Labute approximate surface area is 111 Å². The van der Waals surface area contributed by atoms with Crippen molar-refractivity contribution >= 4 is 22.9 Å². The first-order valence-electron chi connectivity index (χ1n) is 6.09. The molecule has 1 N–H and O–H groups in total. The molecular weight excluding hydrogens is 236 g/mol. The molecule has 4 heteroatoms. The number of fused-ring (bicyclic) bond motifs is 1. The fraction of sp³-hybridized carbons (Fsp3) is 0.0667. The van der Waals surface area contributed by atoms with E-state index in [1.54, 1.807) is 11.2 Å². The maximum atomic E-state index is 4.41. The van der Waals surface area contributed by atoms with Crippen molar-refractivity contribution in [2.75, 3.05) is 12.1 Å². The number of benzene rings is 1. The van der Waals surface area contributed by atoms with Gasteiger partial charge in [0.1, 0.15) is 5.82 Å². The molecule has 2 aromatic heterocycles. The van der Waals surface area contributed by atoms with Gasteiger partial charge in [0.05, 0.1) is 6.21 Å². The van der Waals surface area contributed by atoms with Crippen LogP contribution in [-0.4, -0.2) is 23.2 Å². The molecule has 0 aliphatic heterocycles. The molecule has 0 unspecified atom stereocenters. The predicted molar refractivity (Wildman–Crippen MR) is 78.5 cm³/mol. The lowest BCUT2D eigenvalue weighted by Gasteiger charge is -2.10. The zero-order valence-electron chi connectivity index (χ0n) is 10.6. The van der Waals surface area contributed by atoms with Gasteiger partial charge in [-0.2, -0.15) is 5.10 Å². The number of pyridine rings is 1. The van der Waals surface area contributed by atoms with Crippen LogP contribution in [0.4, 0.5) is 5.82 Å². The molecule has 0 atom stereocenters. The SMILES string of the molecule is CN(N=Cc1c[nH]c2ccccc12)c1ccccn1. The second-order valence-electron chi connectivity index (χ2n) is 4.25. The Balaban J connectivity index is 1.87. The Morgan fingerprint density at radius 2 is 2.00 bits per heavy atom. The highest BCUT2D eigenvalue weighted by Crippen LogP contribution is 2.16. The van der Waals surface area contributed by atoms with Crippen molar-refractivity contribution in [2.45, 2.75) is 0 Å². The van der Waals surface area contributed by atoms with Crippen molar-refractivity contribution < 1.29 is 0 Å². The monoisotopic (exact) mass is 250 g/mol. The van der Waals surface area contributed by atoms with Crippen LogP contribution < -0.4 is 5.01 Å². The Hall–Kier alpha value is -2.62. The summed E-state index contributed by atoms with van der Waals surface area (Å²) in [6.45, 7) is 0. The average Bonchev–Trinajstić information content (AvgIpc) is 2.89. The van der Waals surface area contributed by atoms with E-state index in [1.807, 2.05) is 49.8 Å². The predicted octanol–water partition coefficient (Wildman–Crippen LogP) is 3.03. The van der Waals surface area contributed by atoms with E-state index < -0.39 is 0 Å². The first-order chi connectivity index (χ1) is 9.34. The molecule has 19 heavy (non-hydrogen) atoms.